The molecule has 0 aromatic heterocycles. The van der Waals surface area contributed by atoms with Crippen molar-refractivity contribution in [1.82, 2.24) is 0 Å². The van der Waals surface area contributed by atoms with Gasteiger partial charge in [-0.2, -0.15) is 0 Å². The molecule has 0 radical (unpaired) electrons. The van der Waals surface area contributed by atoms with Crippen LogP contribution in [-0.4, -0.2) is 26.4 Å². The van der Waals surface area contributed by atoms with E-state index in [4.69, 9.17) is 9.47 Å². The van der Waals surface area contributed by atoms with Gasteiger partial charge in [0.25, 0.3) is 0 Å². The molecule has 0 bridgehead atoms. The van der Waals surface area contributed by atoms with E-state index in [1.165, 1.54) is 18.5 Å². The molecular weight excluding hydrogens is 190 g/mol. The Balaban J connectivity index is 1.80. The number of hydrogen-bond donors (Lipinski definition) is 1. The Bertz CT molecular complexity index is 293. The number of hydrogen-bond acceptors (Lipinski definition) is 3. The van der Waals surface area contributed by atoms with Gasteiger partial charge in [-0.05, 0) is 37.1 Å². The fourth-order valence-corrected chi connectivity index (χ4v) is 1.35. The minimum absolute atomic E-state index is 0.603. The molecule has 3 heteroatoms. The van der Waals surface area contributed by atoms with Gasteiger partial charge in [0.05, 0.1) is 6.61 Å². The van der Waals surface area contributed by atoms with Gasteiger partial charge in [0.1, 0.15) is 12.4 Å². The fourth-order valence-electron chi connectivity index (χ4n) is 1.35. The van der Waals surface area contributed by atoms with Gasteiger partial charge in [-0.15, -0.1) is 0 Å². The first-order chi connectivity index (χ1) is 7.38. The van der Waals surface area contributed by atoms with Crippen LogP contribution < -0.4 is 10.1 Å². The number of rotatable bonds is 6. The van der Waals surface area contributed by atoms with Crippen LogP contribution in [0.3, 0.4) is 0 Å². The van der Waals surface area contributed by atoms with Gasteiger partial charge in [0, 0.05) is 18.8 Å². The monoisotopic (exact) mass is 207 g/mol. The van der Waals surface area contributed by atoms with Crippen LogP contribution in [0.15, 0.2) is 24.3 Å². The van der Waals surface area contributed by atoms with E-state index in [1.807, 2.05) is 12.1 Å². The molecule has 1 aromatic carbocycles. The molecule has 0 aliphatic heterocycles. The molecule has 1 N–H and O–H groups in total. The average Bonchev–Trinajstić information content (AvgIpc) is 3.05. The lowest BCUT2D eigenvalue weighted by Gasteiger charge is -2.07. The van der Waals surface area contributed by atoms with Gasteiger partial charge >= 0.3 is 0 Å². The maximum atomic E-state index is 5.47. The van der Waals surface area contributed by atoms with Crippen LogP contribution >= 0.6 is 0 Å². The molecule has 0 amide bonds. The zero-order chi connectivity index (χ0) is 10.5. The van der Waals surface area contributed by atoms with Gasteiger partial charge in [-0.3, -0.25) is 0 Å². The standard InChI is InChI=1S/C12H17NO2/c1-14-8-9-15-12-6-4-11(5-7-12)13-10-2-3-10/h4-7,10,13H,2-3,8-9H2,1H3. The number of benzene rings is 1. The van der Waals surface area contributed by atoms with Crippen molar-refractivity contribution in [2.45, 2.75) is 18.9 Å². The average molecular weight is 207 g/mol. The van der Waals surface area contributed by atoms with E-state index < -0.39 is 0 Å². The molecule has 1 saturated carbocycles. The van der Waals surface area contributed by atoms with Crippen LogP contribution in [0, 0.1) is 0 Å². The molecule has 1 aliphatic carbocycles. The first kappa shape index (κ1) is 10.3. The van der Waals surface area contributed by atoms with Gasteiger partial charge in [-0.1, -0.05) is 0 Å². The Morgan fingerprint density at radius 3 is 2.53 bits per heavy atom. The number of ether oxygens (including phenoxy) is 2. The van der Waals surface area contributed by atoms with Gasteiger partial charge < -0.3 is 14.8 Å². The van der Waals surface area contributed by atoms with Crippen molar-refractivity contribution in [3.05, 3.63) is 24.3 Å². The predicted molar refractivity (Wildman–Crippen MR) is 60.5 cm³/mol. The summed E-state index contributed by atoms with van der Waals surface area (Å²) in [5.41, 5.74) is 1.18. The van der Waals surface area contributed by atoms with Gasteiger partial charge in [-0.25, -0.2) is 0 Å². The van der Waals surface area contributed by atoms with Crippen molar-refractivity contribution < 1.29 is 9.47 Å². The second-order valence-electron chi connectivity index (χ2n) is 3.78. The van der Waals surface area contributed by atoms with Crippen LogP contribution in [-0.2, 0) is 4.74 Å². The molecule has 0 spiro atoms. The topological polar surface area (TPSA) is 30.5 Å². The van der Waals surface area contributed by atoms with Gasteiger partial charge in [0.15, 0.2) is 0 Å². The number of nitrogens with one attached hydrogen (secondary N) is 1. The highest BCUT2D eigenvalue weighted by Gasteiger charge is 2.20. The molecule has 2 rings (SSSR count). The lowest BCUT2D eigenvalue weighted by atomic mass is 10.3. The maximum Gasteiger partial charge on any atom is 0.119 e. The first-order valence-corrected chi connectivity index (χ1v) is 5.37. The number of methoxy groups -OCH3 is 1. The second-order valence-corrected chi connectivity index (χ2v) is 3.78. The van der Waals surface area contributed by atoms with Crippen molar-refractivity contribution in [3.8, 4) is 5.75 Å². The Labute approximate surface area is 90.4 Å². The number of anilines is 1. The van der Waals surface area contributed by atoms with E-state index in [-0.39, 0.29) is 0 Å². The normalized spacial score (nSPS) is 15.0. The second kappa shape index (κ2) is 5.03. The van der Waals surface area contributed by atoms with Crippen molar-refractivity contribution in [2.75, 3.05) is 25.6 Å². The summed E-state index contributed by atoms with van der Waals surface area (Å²) in [6.07, 6.45) is 2.60. The van der Waals surface area contributed by atoms with E-state index in [0.717, 1.165) is 5.75 Å². The molecule has 0 heterocycles. The van der Waals surface area contributed by atoms with E-state index in [9.17, 15) is 0 Å². The SMILES string of the molecule is COCCOc1ccc(NC2CC2)cc1. The zero-order valence-corrected chi connectivity index (χ0v) is 9.03. The van der Waals surface area contributed by atoms with Crippen LogP contribution in [0.4, 0.5) is 5.69 Å². The van der Waals surface area contributed by atoms with E-state index >= 15 is 0 Å². The molecular formula is C12H17NO2. The van der Waals surface area contributed by atoms with Crippen molar-refractivity contribution in [1.29, 1.82) is 0 Å². The first-order valence-electron chi connectivity index (χ1n) is 5.37. The summed E-state index contributed by atoms with van der Waals surface area (Å²) in [6.45, 7) is 1.23. The van der Waals surface area contributed by atoms with Crippen molar-refractivity contribution in [2.24, 2.45) is 0 Å². The quantitative estimate of drug-likeness (QED) is 0.726. The molecule has 0 atom stereocenters. The summed E-state index contributed by atoms with van der Waals surface area (Å²) >= 11 is 0. The highest BCUT2D eigenvalue weighted by molar-refractivity contribution is 5.47. The third-order valence-electron chi connectivity index (χ3n) is 2.36. The zero-order valence-electron chi connectivity index (χ0n) is 9.03. The lowest BCUT2D eigenvalue weighted by molar-refractivity contribution is 0.146. The van der Waals surface area contributed by atoms with Crippen LogP contribution in [0.1, 0.15) is 12.8 Å². The molecule has 0 saturated heterocycles. The summed E-state index contributed by atoms with van der Waals surface area (Å²) in [6, 6.07) is 8.78. The van der Waals surface area contributed by atoms with Crippen LogP contribution in [0.2, 0.25) is 0 Å². The third-order valence-corrected chi connectivity index (χ3v) is 2.36. The fraction of sp³-hybridized carbons (Fsp3) is 0.500. The molecule has 1 fully saturated rings. The van der Waals surface area contributed by atoms with E-state index in [2.05, 4.69) is 17.4 Å². The Morgan fingerprint density at radius 1 is 1.20 bits per heavy atom. The largest absolute Gasteiger partial charge is 0.491 e. The third kappa shape index (κ3) is 3.44. The van der Waals surface area contributed by atoms with E-state index in [0.29, 0.717) is 19.3 Å². The predicted octanol–water partition coefficient (Wildman–Crippen LogP) is 2.29. The molecule has 15 heavy (non-hydrogen) atoms. The summed E-state index contributed by atoms with van der Waals surface area (Å²) in [5.74, 6) is 0.897. The highest BCUT2D eigenvalue weighted by atomic mass is 16.5. The minimum Gasteiger partial charge on any atom is -0.491 e. The minimum atomic E-state index is 0.603. The smallest absolute Gasteiger partial charge is 0.119 e. The van der Waals surface area contributed by atoms with E-state index in [1.54, 1.807) is 7.11 Å². The Hall–Kier alpha value is -1.22. The summed E-state index contributed by atoms with van der Waals surface area (Å²) in [7, 11) is 1.67. The maximum absolute atomic E-state index is 5.47. The Morgan fingerprint density at radius 2 is 1.93 bits per heavy atom. The molecule has 82 valence electrons. The van der Waals surface area contributed by atoms with Crippen molar-refractivity contribution >= 4 is 5.69 Å². The molecule has 3 nitrogen and oxygen atoms in total. The van der Waals surface area contributed by atoms with Crippen LogP contribution in [0.5, 0.6) is 5.75 Å². The van der Waals surface area contributed by atoms with Crippen molar-refractivity contribution in [3.63, 3.8) is 0 Å². The summed E-state index contributed by atoms with van der Waals surface area (Å²) < 4.78 is 10.4. The lowest BCUT2D eigenvalue weighted by Crippen LogP contribution is -2.04. The van der Waals surface area contributed by atoms with Gasteiger partial charge in [0.2, 0.25) is 0 Å². The Kier molecular flexibility index (Phi) is 3.45. The summed E-state index contributed by atoms with van der Waals surface area (Å²) in [5, 5.41) is 3.43. The highest BCUT2D eigenvalue weighted by Crippen LogP contribution is 2.25. The van der Waals surface area contributed by atoms with Crippen LogP contribution in [0.25, 0.3) is 0 Å². The molecule has 1 aromatic rings. The molecule has 0 unspecified atom stereocenters. The molecule has 1 aliphatic rings. The summed E-state index contributed by atoms with van der Waals surface area (Å²) in [4.78, 5) is 0.